The quantitative estimate of drug-likeness (QED) is 0.540. The number of ether oxygens (including phenoxy) is 2. The molecule has 0 radical (unpaired) electrons. The normalized spacial score (nSPS) is 20.9. The maximum Gasteiger partial charge on any atom is 0.308 e. The Balaban J connectivity index is 2.37. The fraction of sp³-hybridized carbons (Fsp3) is 0.421. The van der Waals surface area contributed by atoms with E-state index in [1.165, 1.54) is 12.5 Å². The molecule has 0 N–H and O–H groups in total. The zero-order chi connectivity index (χ0) is 17.1. The van der Waals surface area contributed by atoms with Gasteiger partial charge in [0.15, 0.2) is 0 Å². The van der Waals surface area contributed by atoms with Crippen LogP contribution in [0.3, 0.4) is 0 Å². The van der Waals surface area contributed by atoms with Crippen molar-refractivity contribution in [1.82, 2.24) is 0 Å². The summed E-state index contributed by atoms with van der Waals surface area (Å²) in [5.74, 6) is 1.83. The van der Waals surface area contributed by atoms with E-state index < -0.39 is 0 Å². The third-order valence-electron chi connectivity index (χ3n) is 4.27. The van der Waals surface area contributed by atoms with Crippen molar-refractivity contribution in [3.63, 3.8) is 0 Å². The topological polar surface area (TPSA) is 35.5 Å². The molecule has 1 aliphatic carbocycles. The van der Waals surface area contributed by atoms with Crippen LogP contribution < -0.4 is 9.47 Å². The molecule has 0 saturated carbocycles. The van der Waals surface area contributed by atoms with Crippen molar-refractivity contribution in [3.8, 4) is 11.5 Å². The van der Waals surface area contributed by atoms with E-state index >= 15 is 0 Å². The lowest BCUT2D eigenvalue weighted by Gasteiger charge is -2.30. The maximum absolute atomic E-state index is 11.4. The third kappa shape index (κ3) is 4.25. The van der Waals surface area contributed by atoms with Gasteiger partial charge in [-0.2, -0.15) is 0 Å². The lowest BCUT2D eigenvalue weighted by atomic mass is 9.75. The van der Waals surface area contributed by atoms with E-state index in [-0.39, 0.29) is 5.97 Å². The molecule has 1 aliphatic rings. The summed E-state index contributed by atoms with van der Waals surface area (Å²) in [6.45, 7) is 10.0. The number of benzene rings is 1. The first-order chi connectivity index (χ1) is 10.8. The second-order valence-electron chi connectivity index (χ2n) is 6.25. The smallest absolute Gasteiger partial charge is 0.308 e. The molecule has 0 aromatic heterocycles. The number of carbonyl (C=O) groups excluding carboxylic acids is 1. The fourth-order valence-corrected chi connectivity index (χ4v) is 3.69. The van der Waals surface area contributed by atoms with Crippen LogP contribution in [0.2, 0.25) is 0 Å². The average molecular weight is 379 g/mol. The Morgan fingerprint density at radius 3 is 2.65 bits per heavy atom. The van der Waals surface area contributed by atoms with Crippen molar-refractivity contribution in [1.29, 1.82) is 0 Å². The SMILES string of the molecule is C=C1C=C(C)CC(C)[C@@H]1Cc1cc(OC)c(Br)cc1OC(C)=O. The molecule has 3 nitrogen and oxygen atoms in total. The minimum atomic E-state index is -0.324. The molecule has 1 aromatic rings. The number of methoxy groups -OCH3 is 1. The molecule has 4 heteroatoms. The third-order valence-corrected chi connectivity index (χ3v) is 4.89. The van der Waals surface area contributed by atoms with E-state index in [1.54, 1.807) is 13.2 Å². The number of rotatable bonds is 4. The molecule has 1 aromatic carbocycles. The highest BCUT2D eigenvalue weighted by Crippen LogP contribution is 2.39. The minimum Gasteiger partial charge on any atom is -0.496 e. The molecule has 2 atom stereocenters. The Morgan fingerprint density at radius 2 is 2.09 bits per heavy atom. The number of hydrogen-bond acceptors (Lipinski definition) is 3. The van der Waals surface area contributed by atoms with Crippen LogP contribution in [-0.4, -0.2) is 13.1 Å². The van der Waals surface area contributed by atoms with Gasteiger partial charge in [-0.05, 0) is 65.2 Å². The summed E-state index contributed by atoms with van der Waals surface area (Å²) < 4.78 is 11.5. The summed E-state index contributed by atoms with van der Waals surface area (Å²) >= 11 is 3.44. The summed E-state index contributed by atoms with van der Waals surface area (Å²) in [7, 11) is 1.63. The molecule has 0 fully saturated rings. The molecule has 1 unspecified atom stereocenters. The Morgan fingerprint density at radius 1 is 1.39 bits per heavy atom. The average Bonchev–Trinajstić information content (AvgIpc) is 2.44. The zero-order valence-electron chi connectivity index (χ0n) is 14.1. The maximum atomic E-state index is 11.4. The first-order valence-corrected chi connectivity index (χ1v) is 8.52. The summed E-state index contributed by atoms with van der Waals surface area (Å²) in [5, 5.41) is 0. The van der Waals surface area contributed by atoms with E-state index in [0.29, 0.717) is 17.6 Å². The van der Waals surface area contributed by atoms with Crippen LogP contribution in [-0.2, 0) is 11.2 Å². The Hall–Kier alpha value is -1.55. The van der Waals surface area contributed by atoms with Crippen LogP contribution in [0.15, 0.2) is 40.4 Å². The molecule has 0 saturated heterocycles. The summed E-state index contributed by atoms with van der Waals surface area (Å²) in [6.07, 6.45) is 4.02. The van der Waals surface area contributed by atoms with Crippen molar-refractivity contribution in [2.24, 2.45) is 11.8 Å². The van der Waals surface area contributed by atoms with Gasteiger partial charge in [-0.3, -0.25) is 4.79 Å². The highest BCUT2D eigenvalue weighted by molar-refractivity contribution is 9.10. The Kier molecular flexibility index (Phi) is 5.69. The van der Waals surface area contributed by atoms with Gasteiger partial charge in [0.25, 0.3) is 0 Å². The molecule has 0 aliphatic heterocycles. The van der Waals surface area contributed by atoms with Gasteiger partial charge in [0.2, 0.25) is 0 Å². The van der Waals surface area contributed by atoms with Crippen LogP contribution in [0.1, 0.15) is 32.8 Å². The minimum absolute atomic E-state index is 0.324. The van der Waals surface area contributed by atoms with Gasteiger partial charge in [-0.15, -0.1) is 0 Å². The van der Waals surface area contributed by atoms with E-state index in [2.05, 4.69) is 42.4 Å². The van der Waals surface area contributed by atoms with Gasteiger partial charge >= 0.3 is 5.97 Å². The number of hydrogen-bond donors (Lipinski definition) is 0. The first-order valence-electron chi connectivity index (χ1n) is 7.72. The van der Waals surface area contributed by atoms with Gasteiger partial charge < -0.3 is 9.47 Å². The summed E-state index contributed by atoms with van der Waals surface area (Å²) in [5.41, 5.74) is 3.47. The van der Waals surface area contributed by atoms with Gasteiger partial charge in [0.1, 0.15) is 11.5 Å². The lowest BCUT2D eigenvalue weighted by molar-refractivity contribution is -0.131. The van der Waals surface area contributed by atoms with Crippen molar-refractivity contribution in [3.05, 3.63) is 46.0 Å². The standard InChI is InChI=1S/C19H23BrO3/c1-11-6-12(2)16(13(3)7-11)8-15-9-19(22-5)17(20)10-18(15)23-14(4)21/h6,9-10,13,16H,2,7-8H2,1,3-5H3/t13?,16-/m1/s1. The molecule has 0 spiro atoms. The molecular weight excluding hydrogens is 356 g/mol. The van der Waals surface area contributed by atoms with Gasteiger partial charge in [-0.25, -0.2) is 0 Å². The van der Waals surface area contributed by atoms with Crippen LogP contribution in [0, 0.1) is 11.8 Å². The van der Waals surface area contributed by atoms with Crippen molar-refractivity contribution in [2.45, 2.75) is 33.6 Å². The predicted octanol–water partition coefficient (Wildman–Crippen LogP) is 5.08. The first kappa shape index (κ1) is 17.8. The van der Waals surface area contributed by atoms with Gasteiger partial charge in [0, 0.05) is 6.92 Å². The second-order valence-corrected chi connectivity index (χ2v) is 7.10. The molecule has 0 heterocycles. The van der Waals surface area contributed by atoms with E-state index in [0.717, 1.165) is 34.2 Å². The van der Waals surface area contributed by atoms with Crippen molar-refractivity contribution < 1.29 is 14.3 Å². The van der Waals surface area contributed by atoms with E-state index in [4.69, 9.17) is 9.47 Å². The fourth-order valence-electron chi connectivity index (χ4n) is 3.21. The van der Waals surface area contributed by atoms with Gasteiger partial charge in [0.05, 0.1) is 11.6 Å². The highest BCUT2D eigenvalue weighted by Gasteiger charge is 2.26. The molecule has 23 heavy (non-hydrogen) atoms. The van der Waals surface area contributed by atoms with Crippen LogP contribution in [0.5, 0.6) is 11.5 Å². The van der Waals surface area contributed by atoms with Crippen molar-refractivity contribution in [2.75, 3.05) is 7.11 Å². The highest BCUT2D eigenvalue weighted by atomic mass is 79.9. The number of halogens is 1. The largest absolute Gasteiger partial charge is 0.496 e. The molecule has 0 amide bonds. The van der Waals surface area contributed by atoms with E-state index in [1.807, 2.05) is 6.07 Å². The molecule has 124 valence electrons. The van der Waals surface area contributed by atoms with Crippen LogP contribution >= 0.6 is 15.9 Å². The zero-order valence-corrected chi connectivity index (χ0v) is 15.7. The number of allylic oxidation sites excluding steroid dienone is 3. The van der Waals surface area contributed by atoms with Crippen molar-refractivity contribution >= 4 is 21.9 Å². The van der Waals surface area contributed by atoms with Crippen LogP contribution in [0.4, 0.5) is 0 Å². The molecule has 0 bridgehead atoms. The number of carbonyl (C=O) groups is 1. The van der Waals surface area contributed by atoms with Gasteiger partial charge in [-0.1, -0.05) is 30.7 Å². The number of esters is 1. The second kappa shape index (κ2) is 7.35. The monoisotopic (exact) mass is 378 g/mol. The van der Waals surface area contributed by atoms with E-state index in [9.17, 15) is 4.79 Å². The summed E-state index contributed by atoms with van der Waals surface area (Å²) in [4.78, 5) is 11.4. The summed E-state index contributed by atoms with van der Waals surface area (Å²) in [6, 6.07) is 3.74. The Bertz CT molecular complexity index is 661. The molecular formula is C19H23BrO3. The predicted molar refractivity (Wildman–Crippen MR) is 95.9 cm³/mol. The lowest BCUT2D eigenvalue weighted by Crippen LogP contribution is -2.20. The molecule has 2 rings (SSSR count). The Labute approximate surface area is 146 Å². The van der Waals surface area contributed by atoms with Crippen LogP contribution in [0.25, 0.3) is 0 Å².